The van der Waals surface area contributed by atoms with Gasteiger partial charge in [-0.25, -0.2) is 0 Å². The predicted octanol–water partition coefficient (Wildman–Crippen LogP) is 3.14. The molecule has 0 aliphatic rings. The molecule has 2 N–H and O–H groups in total. The van der Waals surface area contributed by atoms with E-state index < -0.39 is 5.97 Å². The number of anilines is 1. The first-order valence-electron chi connectivity index (χ1n) is 7.72. The Hall–Kier alpha value is -2.82. The van der Waals surface area contributed by atoms with Crippen molar-refractivity contribution >= 4 is 17.6 Å². The van der Waals surface area contributed by atoms with Gasteiger partial charge < -0.3 is 15.2 Å². The maximum atomic E-state index is 12.3. The van der Waals surface area contributed by atoms with E-state index in [0.717, 1.165) is 11.3 Å². The average Bonchev–Trinajstić information content (AvgIpc) is 2.56. The molecule has 0 fully saturated rings. The summed E-state index contributed by atoms with van der Waals surface area (Å²) in [6.45, 7) is 1.87. The van der Waals surface area contributed by atoms with Crippen molar-refractivity contribution in [3.63, 3.8) is 0 Å². The molecule has 5 heteroatoms. The molecule has 0 bridgehead atoms. The minimum atomic E-state index is -0.875. The molecule has 0 saturated heterocycles. The van der Waals surface area contributed by atoms with Crippen LogP contribution in [0.25, 0.3) is 0 Å². The number of carboxylic acids is 1. The second-order valence-corrected chi connectivity index (χ2v) is 5.71. The van der Waals surface area contributed by atoms with Crippen LogP contribution < -0.4 is 10.1 Å². The molecule has 5 nitrogen and oxygen atoms in total. The van der Waals surface area contributed by atoms with Gasteiger partial charge in [-0.15, -0.1) is 0 Å². The molecule has 24 heavy (non-hydrogen) atoms. The number of hydrogen-bond donors (Lipinski definition) is 2. The van der Waals surface area contributed by atoms with E-state index in [1.54, 1.807) is 31.4 Å². The fraction of sp³-hybridized carbons (Fsp3) is 0.263. The second kappa shape index (κ2) is 8.15. The molecule has 1 unspecified atom stereocenters. The summed E-state index contributed by atoms with van der Waals surface area (Å²) in [6.07, 6.45) is 0.606. The number of methoxy groups -OCH3 is 1. The summed E-state index contributed by atoms with van der Waals surface area (Å²) in [4.78, 5) is 22.9. The molecule has 1 atom stereocenters. The van der Waals surface area contributed by atoms with E-state index in [9.17, 15) is 9.59 Å². The molecular weight excluding hydrogens is 306 g/mol. The maximum absolute atomic E-state index is 12.3. The average molecular weight is 327 g/mol. The summed E-state index contributed by atoms with van der Waals surface area (Å²) < 4.78 is 5.12. The number of aliphatic carboxylic acids is 1. The quantitative estimate of drug-likeness (QED) is 0.819. The standard InChI is InChI=1S/C19H21NO4/c1-13(11-14-5-9-17(24-2)10-6-14)19(23)20-16-7-3-15(4-8-16)12-18(21)22/h3-10,13H,11-12H2,1-2H3,(H,20,23)(H,21,22). The van der Waals surface area contributed by atoms with E-state index >= 15 is 0 Å². The maximum Gasteiger partial charge on any atom is 0.307 e. The Bertz CT molecular complexity index is 692. The number of nitrogens with one attached hydrogen (secondary N) is 1. The van der Waals surface area contributed by atoms with Crippen molar-refractivity contribution in [1.82, 2.24) is 0 Å². The fourth-order valence-corrected chi connectivity index (χ4v) is 2.35. The van der Waals surface area contributed by atoms with Crippen LogP contribution in [0.1, 0.15) is 18.1 Å². The van der Waals surface area contributed by atoms with Crippen LogP contribution in [0.15, 0.2) is 48.5 Å². The largest absolute Gasteiger partial charge is 0.497 e. The summed E-state index contributed by atoms with van der Waals surface area (Å²) in [5.41, 5.74) is 2.43. The van der Waals surface area contributed by atoms with Crippen molar-refractivity contribution in [2.45, 2.75) is 19.8 Å². The summed E-state index contributed by atoms with van der Waals surface area (Å²) in [5.74, 6) is -0.342. The Morgan fingerprint density at radius 3 is 2.17 bits per heavy atom. The second-order valence-electron chi connectivity index (χ2n) is 5.71. The number of carbonyl (C=O) groups excluding carboxylic acids is 1. The number of rotatable bonds is 7. The monoisotopic (exact) mass is 327 g/mol. The van der Waals surface area contributed by atoms with Gasteiger partial charge in [0, 0.05) is 11.6 Å². The lowest BCUT2D eigenvalue weighted by atomic mass is 10.00. The molecule has 0 aromatic heterocycles. The Labute approximate surface area is 141 Å². The molecule has 2 aromatic rings. The predicted molar refractivity (Wildman–Crippen MR) is 92.3 cm³/mol. The molecule has 2 rings (SSSR count). The van der Waals surface area contributed by atoms with Gasteiger partial charge in [0.05, 0.1) is 13.5 Å². The van der Waals surface area contributed by atoms with Crippen molar-refractivity contribution < 1.29 is 19.4 Å². The zero-order chi connectivity index (χ0) is 17.5. The number of benzene rings is 2. The summed E-state index contributed by atoms with van der Waals surface area (Å²) in [5, 5.41) is 11.6. The molecular formula is C19H21NO4. The molecule has 0 aliphatic heterocycles. The SMILES string of the molecule is COc1ccc(CC(C)C(=O)Nc2ccc(CC(=O)O)cc2)cc1. The van der Waals surface area contributed by atoms with Crippen LogP contribution in [0.4, 0.5) is 5.69 Å². The summed E-state index contributed by atoms with van der Waals surface area (Å²) in [6, 6.07) is 14.5. The normalized spacial score (nSPS) is 11.6. The van der Waals surface area contributed by atoms with Crippen molar-refractivity contribution in [3.8, 4) is 5.75 Å². The van der Waals surface area contributed by atoms with Crippen molar-refractivity contribution in [1.29, 1.82) is 0 Å². The van der Waals surface area contributed by atoms with Crippen LogP contribution in [-0.2, 0) is 22.4 Å². The minimum absolute atomic E-state index is 0.0257. The molecule has 1 amide bonds. The number of carboxylic acid groups (broad SMARTS) is 1. The zero-order valence-electron chi connectivity index (χ0n) is 13.8. The van der Waals surface area contributed by atoms with Gasteiger partial charge in [-0.3, -0.25) is 9.59 Å². The topological polar surface area (TPSA) is 75.6 Å². The molecule has 0 spiro atoms. The molecule has 0 radical (unpaired) electrons. The highest BCUT2D eigenvalue weighted by Crippen LogP contribution is 2.16. The Morgan fingerprint density at radius 1 is 1.04 bits per heavy atom. The van der Waals surface area contributed by atoms with Crippen LogP contribution in [-0.4, -0.2) is 24.1 Å². The first-order valence-corrected chi connectivity index (χ1v) is 7.72. The third-order valence-corrected chi connectivity index (χ3v) is 3.73. The highest BCUT2D eigenvalue weighted by molar-refractivity contribution is 5.92. The van der Waals surface area contributed by atoms with Gasteiger partial charge in [0.15, 0.2) is 0 Å². The number of carbonyl (C=O) groups is 2. The molecule has 0 heterocycles. The summed E-state index contributed by atoms with van der Waals surface area (Å²) >= 11 is 0. The van der Waals surface area contributed by atoms with E-state index in [1.165, 1.54) is 0 Å². The highest BCUT2D eigenvalue weighted by atomic mass is 16.5. The van der Waals surface area contributed by atoms with Crippen LogP contribution >= 0.6 is 0 Å². The van der Waals surface area contributed by atoms with E-state index in [0.29, 0.717) is 17.7 Å². The third-order valence-electron chi connectivity index (χ3n) is 3.73. The molecule has 0 saturated carbocycles. The van der Waals surface area contributed by atoms with Crippen molar-refractivity contribution in [3.05, 3.63) is 59.7 Å². The van der Waals surface area contributed by atoms with Crippen molar-refractivity contribution in [2.24, 2.45) is 5.92 Å². The Morgan fingerprint density at radius 2 is 1.62 bits per heavy atom. The van der Waals surface area contributed by atoms with Gasteiger partial charge >= 0.3 is 5.97 Å². The molecule has 0 aliphatic carbocycles. The lowest BCUT2D eigenvalue weighted by Crippen LogP contribution is -2.22. The number of hydrogen-bond acceptors (Lipinski definition) is 3. The van der Waals surface area contributed by atoms with E-state index in [1.807, 2.05) is 31.2 Å². The van der Waals surface area contributed by atoms with Gasteiger partial charge in [-0.2, -0.15) is 0 Å². The zero-order valence-corrected chi connectivity index (χ0v) is 13.8. The molecule has 126 valence electrons. The highest BCUT2D eigenvalue weighted by Gasteiger charge is 2.14. The van der Waals surface area contributed by atoms with Gasteiger partial charge in [0.2, 0.25) is 5.91 Å². The van der Waals surface area contributed by atoms with E-state index in [-0.39, 0.29) is 18.2 Å². The van der Waals surface area contributed by atoms with Gasteiger partial charge in [0.25, 0.3) is 0 Å². The first-order chi connectivity index (χ1) is 11.5. The molecule has 2 aromatic carbocycles. The van der Waals surface area contributed by atoms with Crippen LogP contribution in [0.3, 0.4) is 0 Å². The smallest absolute Gasteiger partial charge is 0.307 e. The number of amides is 1. The Kier molecular flexibility index (Phi) is 5.95. The van der Waals surface area contributed by atoms with Crippen molar-refractivity contribution in [2.75, 3.05) is 12.4 Å². The van der Waals surface area contributed by atoms with E-state index in [4.69, 9.17) is 9.84 Å². The van der Waals surface area contributed by atoms with Crippen LogP contribution in [0, 0.1) is 5.92 Å². The fourth-order valence-electron chi connectivity index (χ4n) is 2.35. The lowest BCUT2D eigenvalue weighted by molar-refractivity contribution is -0.136. The van der Waals surface area contributed by atoms with Gasteiger partial charge in [0.1, 0.15) is 5.75 Å². The number of ether oxygens (including phenoxy) is 1. The third kappa shape index (κ3) is 5.12. The minimum Gasteiger partial charge on any atom is -0.497 e. The lowest BCUT2D eigenvalue weighted by Gasteiger charge is -2.13. The van der Waals surface area contributed by atoms with Gasteiger partial charge in [-0.1, -0.05) is 31.2 Å². The van der Waals surface area contributed by atoms with Gasteiger partial charge in [-0.05, 0) is 41.8 Å². The van der Waals surface area contributed by atoms with Crippen LogP contribution in [0.5, 0.6) is 5.75 Å². The summed E-state index contributed by atoms with van der Waals surface area (Å²) in [7, 11) is 1.62. The Balaban J connectivity index is 1.91. The van der Waals surface area contributed by atoms with E-state index in [2.05, 4.69) is 5.32 Å². The first kappa shape index (κ1) is 17.5. The van der Waals surface area contributed by atoms with Crippen LogP contribution in [0.2, 0.25) is 0 Å².